The predicted molar refractivity (Wildman–Crippen MR) is 79.7 cm³/mol. The number of hydrogen-bond acceptors (Lipinski definition) is 3. The highest BCUT2D eigenvalue weighted by molar-refractivity contribution is 5.95. The number of nitrogens with zero attached hydrogens (tertiary/aromatic N) is 1. The molecule has 1 aromatic carbocycles. The molecule has 0 fully saturated rings. The Morgan fingerprint density at radius 3 is 2.47 bits per heavy atom. The summed E-state index contributed by atoms with van der Waals surface area (Å²) in [5.41, 5.74) is 1.56. The molecule has 0 spiro atoms. The summed E-state index contributed by atoms with van der Waals surface area (Å²) >= 11 is 0. The second-order valence-electron chi connectivity index (χ2n) is 5.62. The summed E-state index contributed by atoms with van der Waals surface area (Å²) in [7, 11) is 3.44. The van der Waals surface area contributed by atoms with Gasteiger partial charge in [-0.25, -0.2) is 4.79 Å². The van der Waals surface area contributed by atoms with Crippen LogP contribution in [0.4, 0.5) is 5.69 Å². The summed E-state index contributed by atoms with van der Waals surface area (Å²) in [5.74, 6) is 1.01. The van der Waals surface area contributed by atoms with Gasteiger partial charge in [-0.3, -0.25) is 0 Å². The molecular formula is C16H25NO2. The van der Waals surface area contributed by atoms with Crippen molar-refractivity contribution in [1.29, 1.82) is 0 Å². The van der Waals surface area contributed by atoms with Crippen LogP contribution in [0.2, 0.25) is 0 Å². The van der Waals surface area contributed by atoms with E-state index in [2.05, 4.69) is 25.7 Å². The fourth-order valence-electron chi connectivity index (χ4n) is 2.53. The minimum atomic E-state index is -0.279. The van der Waals surface area contributed by atoms with Crippen molar-refractivity contribution in [3.63, 3.8) is 0 Å². The molecule has 3 nitrogen and oxygen atoms in total. The third-order valence-electron chi connectivity index (χ3n) is 3.18. The number of rotatable bonds is 6. The highest BCUT2D eigenvalue weighted by Crippen LogP contribution is 2.22. The zero-order valence-electron chi connectivity index (χ0n) is 12.6. The smallest absolute Gasteiger partial charge is 0.339 e. The molecule has 106 valence electrons. The van der Waals surface area contributed by atoms with Crippen LogP contribution in [0.3, 0.4) is 0 Å². The Bertz CT molecular complexity index is 415. The highest BCUT2D eigenvalue weighted by Gasteiger charge is 2.16. The number of benzene rings is 1. The highest BCUT2D eigenvalue weighted by atomic mass is 16.5. The van der Waals surface area contributed by atoms with Gasteiger partial charge in [-0.05, 0) is 30.4 Å². The van der Waals surface area contributed by atoms with Crippen molar-refractivity contribution in [3.8, 4) is 0 Å². The molecule has 0 radical (unpaired) electrons. The summed E-state index contributed by atoms with van der Waals surface area (Å²) in [4.78, 5) is 13.9. The minimum absolute atomic E-state index is 0.279. The summed E-state index contributed by atoms with van der Waals surface area (Å²) < 4.78 is 4.83. The molecule has 1 unspecified atom stereocenters. The normalized spacial score (nSPS) is 12.3. The lowest BCUT2D eigenvalue weighted by Crippen LogP contribution is -2.26. The molecule has 1 aromatic rings. The maximum atomic E-state index is 11.8. The van der Waals surface area contributed by atoms with Crippen LogP contribution in [0.25, 0.3) is 0 Å². The van der Waals surface area contributed by atoms with E-state index in [0.717, 1.165) is 12.2 Å². The van der Waals surface area contributed by atoms with Crippen molar-refractivity contribution in [3.05, 3.63) is 29.8 Å². The standard InChI is InChI=1S/C16H25NO2/c1-12(2)10-13(3)11-17(4)15-9-7-6-8-14(15)16(18)19-5/h6-9,12-13H,10-11H2,1-5H3. The van der Waals surface area contributed by atoms with Crippen LogP contribution in [0.5, 0.6) is 0 Å². The first-order valence-corrected chi connectivity index (χ1v) is 6.84. The Labute approximate surface area is 116 Å². The number of anilines is 1. The van der Waals surface area contributed by atoms with Crippen molar-refractivity contribution < 1.29 is 9.53 Å². The number of ether oxygens (including phenoxy) is 1. The summed E-state index contributed by atoms with van der Waals surface area (Å²) in [6.45, 7) is 7.65. The van der Waals surface area contributed by atoms with Crippen LogP contribution in [-0.2, 0) is 4.74 Å². The van der Waals surface area contributed by atoms with Gasteiger partial charge in [-0.15, -0.1) is 0 Å². The lowest BCUT2D eigenvalue weighted by Gasteiger charge is -2.26. The van der Waals surface area contributed by atoms with Gasteiger partial charge in [0, 0.05) is 13.6 Å². The van der Waals surface area contributed by atoms with Gasteiger partial charge in [-0.2, -0.15) is 0 Å². The molecule has 0 aromatic heterocycles. The van der Waals surface area contributed by atoms with Crippen molar-refractivity contribution >= 4 is 11.7 Å². The lowest BCUT2D eigenvalue weighted by atomic mass is 9.98. The van der Waals surface area contributed by atoms with Gasteiger partial charge in [0.25, 0.3) is 0 Å². The summed E-state index contributed by atoms with van der Waals surface area (Å²) in [6, 6.07) is 7.59. The van der Waals surface area contributed by atoms with Crippen molar-refractivity contribution in [1.82, 2.24) is 0 Å². The molecule has 0 saturated carbocycles. The average molecular weight is 263 g/mol. The molecule has 1 atom stereocenters. The number of methoxy groups -OCH3 is 1. The van der Waals surface area contributed by atoms with Crippen molar-refractivity contribution in [2.24, 2.45) is 11.8 Å². The molecule has 0 saturated heterocycles. The first kappa shape index (κ1) is 15.5. The zero-order valence-corrected chi connectivity index (χ0v) is 12.6. The number of carbonyl (C=O) groups excluding carboxylic acids is 1. The van der Waals surface area contributed by atoms with Crippen LogP contribution in [0.1, 0.15) is 37.6 Å². The van der Waals surface area contributed by atoms with E-state index in [0.29, 0.717) is 17.4 Å². The van der Waals surface area contributed by atoms with E-state index in [1.165, 1.54) is 13.5 Å². The Balaban J connectivity index is 2.82. The van der Waals surface area contributed by atoms with Gasteiger partial charge in [0.2, 0.25) is 0 Å². The van der Waals surface area contributed by atoms with Gasteiger partial charge in [0.15, 0.2) is 0 Å². The van der Waals surface area contributed by atoms with Gasteiger partial charge >= 0.3 is 5.97 Å². The zero-order chi connectivity index (χ0) is 14.4. The second-order valence-corrected chi connectivity index (χ2v) is 5.62. The first-order chi connectivity index (χ1) is 8.95. The molecule has 1 rings (SSSR count). The van der Waals surface area contributed by atoms with Crippen LogP contribution >= 0.6 is 0 Å². The third kappa shape index (κ3) is 4.58. The molecule has 0 amide bonds. The predicted octanol–water partition coefficient (Wildman–Crippen LogP) is 3.59. The number of esters is 1. The average Bonchev–Trinajstić information content (AvgIpc) is 2.36. The van der Waals surface area contributed by atoms with Gasteiger partial charge in [-0.1, -0.05) is 32.9 Å². The third-order valence-corrected chi connectivity index (χ3v) is 3.18. The Kier molecular flexibility index (Phi) is 5.87. The maximum absolute atomic E-state index is 11.8. The van der Waals surface area contributed by atoms with E-state index in [4.69, 9.17) is 4.74 Å². The van der Waals surface area contributed by atoms with Crippen LogP contribution in [-0.4, -0.2) is 26.7 Å². The fraction of sp³-hybridized carbons (Fsp3) is 0.562. The number of hydrogen-bond donors (Lipinski definition) is 0. The molecule has 0 aliphatic carbocycles. The lowest BCUT2D eigenvalue weighted by molar-refractivity contribution is 0.0601. The van der Waals surface area contributed by atoms with E-state index in [-0.39, 0.29) is 5.97 Å². The van der Waals surface area contributed by atoms with E-state index in [1.54, 1.807) is 0 Å². The largest absolute Gasteiger partial charge is 0.465 e. The quantitative estimate of drug-likeness (QED) is 0.735. The summed E-state index contributed by atoms with van der Waals surface area (Å²) in [5, 5.41) is 0. The Morgan fingerprint density at radius 1 is 1.26 bits per heavy atom. The second kappa shape index (κ2) is 7.17. The van der Waals surface area contributed by atoms with E-state index in [1.807, 2.05) is 31.3 Å². The minimum Gasteiger partial charge on any atom is -0.465 e. The van der Waals surface area contributed by atoms with Crippen LogP contribution in [0, 0.1) is 11.8 Å². The fourth-order valence-corrected chi connectivity index (χ4v) is 2.53. The van der Waals surface area contributed by atoms with Gasteiger partial charge < -0.3 is 9.64 Å². The molecular weight excluding hydrogens is 238 g/mol. The first-order valence-electron chi connectivity index (χ1n) is 6.84. The van der Waals surface area contributed by atoms with Crippen molar-refractivity contribution in [2.45, 2.75) is 27.2 Å². The molecule has 0 heterocycles. The van der Waals surface area contributed by atoms with E-state index in [9.17, 15) is 4.79 Å². The Hall–Kier alpha value is -1.51. The van der Waals surface area contributed by atoms with Gasteiger partial charge in [0.05, 0.1) is 18.4 Å². The van der Waals surface area contributed by atoms with E-state index < -0.39 is 0 Å². The SMILES string of the molecule is COC(=O)c1ccccc1N(C)CC(C)CC(C)C. The molecule has 0 bridgehead atoms. The molecule has 0 N–H and O–H groups in total. The molecule has 0 aliphatic rings. The van der Waals surface area contributed by atoms with Gasteiger partial charge in [0.1, 0.15) is 0 Å². The molecule has 3 heteroatoms. The van der Waals surface area contributed by atoms with Crippen LogP contribution < -0.4 is 4.90 Å². The maximum Gasteiger partial charge on any atom is 0.339 e. The Morgan fingerprint density at radius 2 is 1.89 bits per heavy atom. The monoisotopic (exact) mass is 263 g/mol. The summed E-state index contributed by atoms with van der Waals surface area (Å²) in [6.07, 6.45) is 1.19. The topological polar surface area (TPSA) is 29.5 Å². The molecule has 19 heavy (non-hydrogen) atoms. The number of para-hydroxylation sites is 1. The van der Waals surface area contributed by atoms with E-state index >= 15 is 0 Å². The van der Waals surface area contributed by atoms with Crippen molar-refractivity contribution in [2.75, 3.05) is 25.6 Å². The van der Waals surface area contributed by atoms with Crippen LogP contribution in [0.15, 0.2) is 24.3 Å². The number of carbonyl (C=O) groups is 1. The molecule has 0 aliphatic heterocycles.